The molecule has 0 spiro atoms. The van der Waals surface area contributed by atoms with E-state index >= 15 is 0 Å². The van der Waals surface area contributed by atoms with Gasteiger partial charge in [-0.05, 0) is 57.6 Å². The number of allylic oxidation sites excluding steroid dienone is 1. The Labute approximate surface area is 193 Å². The number of nitrogens with two attached hydrogens (primary N) is 1. The molecule has 1 saturated carbocycles. The molecule has 4 heterocycles. The Morgan fingerprint density at radius 1 is 0.970 bits per heavy atom. The summed E-state index contributed by atoms with van der Waals surface area (Å²) in [6, 6.07) is 0.763. The number of anilines is 2. The number of fused-ring (bicyclic) bond motifs is 1. The molecule has 3 N–H and O–H groups in total. The van der Waals surface area contributed by atoms with Crippen molar-refractivity contribution in [2.75, 3.05) is 5.32 Å². The van der Waals surface area contributed by atoms with Gasteiger partial charge in [0.05, 0.1) is 23.6 Å². The topological polar surface area (TPSA) is 120 Å². The molecule has 33 heavy (non-hydrogen) atoms. The molecule has 170 valence electrons. The number of rotatable bonds is 4. The van der Waals surface area contributed by atoms with Gasteiger partial charge in [0.1, 0.15) is 5.82 Å². The lowest BCUT2D eigenvalue weighted by atomic mass is 9.92. The molecule has 0 bridgehead atoms. The van der Waals surface area contributed by atoms with Gasteiger partial charge in [-0.3, -0.25) is 9.98 Å². The highest BCUT2D eigenvalue weighted by atomic mass is 15.1. The Morgan fingerprint density at radius 2 is 1.76 bits per heavy atom. The molecule has 0 saturated heterocycles. The van der Waals surface area contributed by atoms with Gasteiger partial charge in [0.15, 0.2) is 5.82 Å². The predicted molar refractivity (Wildman–Crippen MR) is 129 cm³/mol. The Kier molecular flexibility index (Phi) is 6.21. The Morgan fingerprint density at radius 3 is 2.55 bits per heavy atom. The van der Waals surface area contributed by atoms with Gasteiger partial charge in [-0.1, -0.05) is 0 Å². The molecular weight excluding hydrogens is 414 g/mol. The van der Waals surface area contributed by atoms with Crippen molar-refractivity contribution < 1.29 is 0 Å². The summed E-state index contributed by atoms with van der Waals surface area (Å²) in [5.74, 6) is 2.07. The van der Waals surface area contributed by atoms with Crippen LogP contribution in [0.4, 0.5) is 11.8 Å². The molecule has 0 amide bonds. The van der Waals surface area contributed by atoms with E-state index in [1.54, 1.807) is 12.4 Å². The Bertz CT molecular complexity index is 1150. The minimum atomic E-state index is 0.352. The number of aromatic nitrogens is 6. The van der Waals surface area contributed by atoms with Gasteiger partial charge in [0, 0.05) is 48.6 Å². The van der Waals surface area contributed by atoms with Crippen LogP contribution in [-0.4, -0.2) is 47.3 Å². The van der Waals surface area contributed by atoms with E-state index in [0.717, 1.165) is 67.8 Å². The van der Waals surface area contributed by atoms with Crippen LogP contribution >= 0.6 is 0 Å². The molecule has 9 nitrogen and oxygen atoms in total. The van der Waals surface area contributed by atoms with Crippen molar-refractivity contribution in [2.45, 2.75) is 64.1 Å². The summed E-state index contributed by atoms with van der Waals surface area (Å²) in [6.07, 6.45) is 19.3. The summed E-state index contributed by atoms with van der Waals surface area (Å²) >= 11 is 0. The van der Waals surface area contributed by atoms with Crippen LogP contribution in [0.15, 0.2) is 42.1 Å². The van der Waals surface area contributed by atoms with Crippen molar-refractivity contribution in [2.24, 2.45) is 10.7 Å². The fourth-order valence-electron chi connectivity index (χ4n) is 4.39. The van der Waals surface area contributed by atoms with E-state index < -0.39 is 0 Å². The maximum atomic E-state index is 6.04. The number of imidazole rings is 1. The summed E-state index contributed by atoms with van der Waals surface area (Å²) in [4.78, 5) is 27.1. The second-order valence-corrected chi connectivity index (χ2v) is 8.69. The van der Waals surface area contributed by atoms with Crippen LogP contribution in [0, 0.1) is 6.92 Å². The zero-order chi connectivity index (χ0) is 22.6. The standard InChI is InChI=1S/C24H29N9/c1-16-23(27-11-10-26-16)32-24-29-13-17(14-30-24)21-15-28-22-9-8-19(3-2-12-33(21)22)31-20-6-4-18(25)5-7-20/h8-11,13-15,18,20H,2-7,12,25H2,1H3,(H,27,29,30,32)/b9-8-,31-19?. The predicted octanol–water partition coefficient (Wildman–Crippen LogP) is 3.70. The van der Waals surface area contributed by atoms with E-state index in [0.29, 0.717) is 23.8 Å². The van der Waals surface area contributed by atoms with Crippen LogP contribution < -0.4 is 11.1 Å². The molecule has 5 rings (SSSR count). The van der Waals surface area contributed by atoms with Crippen LogP contribution in [0.2, 0.25) is 0 Å². The number of aliphatic imine (C=N–C) groups is 1. The fourth-order valence-corrected chi connectivity index (χ4v) is 4.39. The van der Waals surface area contributed by atoms with Gasteiger partial charge in [0.2, 0.25) is 5.95 Å². The zero-order valence-electron chi connectivity index (χ0n) is 18.9. The Hall–Kier alpha value is -3.46. The highest BCUT2D eigenvalue weighted by Crippen LogP contribution is 2.25. The lowest BCUT2D eigenvalue weighted by Crippen LogP contribution is -2.28. The SMILES string of the molecule is Cc1nccnc1Nc1ncc(-c2cnc3n2CCCC(=NC2CCC(N)CC2)/C=C\3)cn1. The number of nitrogens with zero attached hydrogens (tertiary/aromatic N) is 7. The van der Waals surface area contributed by atoms with Gasteiger partial charge < -0.3 is 15.6 Å². The third-order valence-electron chi connectivity index (χ3n) is 6.27. The molecule has 9 heteroatoms. The van der Waals surface area contributed by atoms with Crippen molar-refractivity contribution >= 4 is 23.6 Å². The number of aryl methyl sites for hydroxylation is 1. The van der Waals surface area contributed by atoms with Gasteiger partial charge in [0.25, 0.3) is 0 Å². The van der Waals surface area contributed by atoms with Gasteiger partial charge in [-0.15, -0.1) is 0 Å². The Balaban J connectivity index is 1.32. The molecule has 0 unspecified atom stereocenters. The lowest BCUT2D eigenvalue weighted by molar-refractivity contribution is 0.396. The number of nitrogens with one attached hydrogen (secondary N) is 1. The van der Waals surface area contributed by atoms with Crippen molar-refractivity contribution in [3.05, 3.63) is 48.6 Å². The second-order valence-electron chi connectivity index (χ2n) is 8.69. The number of hydrogen-bond acceptors (Lipinski definition) is 8. The van der Waals surface area contributed by atoms with E-state index in [-0.39, 0.29) is 0 Å². The fraction of sp³-hybridized carbons (Fsp3) is 0.417. The third kappa shape index (κ3) is 4.98. The summed E-state index contributed by atoms with van der Waals surface area (Å²) in [5, 5.41) is 3.12. The normalized spacial score (nSPS) is 22.9. The zero-order valence-corrected chi connectivity index (χ0v) is 18.9. The molecule has 3 aromatic heterocycles. The molecule has 1 aliphatic carbocycles. The summed E-state index contributed by atoms with van der Waals surface area (Å²) in [7, 11) is 0. The first kappa shape index (κ1) is 21.4. The molecular formula is C24H29N9. The highest BCUT2D eigenvalue weighted by molar-refractivity contribution is 5.98. The first-order chi connectivity index (χ1) is 16.2. The molecule has 1 fully saturated rings. The summed E-state index contributed by atoms with van der Waals surface area (Å²) in [6.45, 7) is 2.77. The van der Waals surface area contributed by atoms with Crippen LogP contribution in [0.3, 0.4) is 0 Å². The minimum absolute atomic E-state index is 0.352. The molecule has 0 atom stereocenters. The highest BCUT2D eigenvalue weighted by Gasteiger charge is 2.19. The summed E-state index contributed by atoms with van der Waals surface area (Å²) < 4.78 is 2.23. The van der Waals surface area contributed by atoms with Crippen molar-refractivity contribution in [3.8, 4) is 11.3 Å². The van der Waals surface area contributed by atoms with E-state index in [1.165, 1.54) is 5.71 Å². The van der Waals surface area contributed by atoms with Crippen LogP contribution in [0.5, 0.6) is 0 Å². The van der Waals surface area contributed by atoms with Crippen LogP contribution in [0.25, 0.3) is 17.3 Å². The molecule has 0 aromatic carbocycles. The average molecular weight is 444 g/mol. The smallest absolute Gasteiger partial charge is 0.228 e. The quantitative estimate of drug-likeness (QED) is 0.631. The van der Waals surface area contributed by atoms with E-state index in [2.05, 4.69) is 47.0 Å². The van der Waals surface area contributed by atoms with Crippen molar-refractivity contribution in [3.63, 3.8) is 0 Å². The maximum Gasteiger partial charge on any atom is 0.228 e. The van der Waals surface area contributed by atoms with E-state index in [4.69, 9.17) is 10.7 Å². The van der Waals surface area contributed by atoms with Gasteiger partial charge in [-0.25, -0.2) is 19.9 Å². The van der Waals surface area contributed by atoms with Gasteiger partial charge in [-0.2, -0.15) is 0 Å². The summed E-state index contributed by atoms with van der Waals surface area (Å²) in [5.41, 5.74) is 9.94. The minimum Gasteiger partial charge on any atom is -0.328 e. The van der Waals surface area contributed by atoms with Crippen molar-refractivity contribution in [1.29, 1.82) is 0 Å². The van der Waals surface area contributed by atoms with E-state index in [9.17, 15) is 0 Å². The first-order valence-corrected chi connectivity index (χ1v) is 11.6. The second kappa shape index (κ2) is 9.58. The van der Waals surface area contributed by atoms with Gasteiger partial charge >= 0.3 is 0 Å². The first-order valence-electron chi connectivity index (χ1n) is 11.6. The van der Waals surface area contributed by atoms with Crippen LogP contribution in [0.1, 0.15) is 50.0 Å². The lowest BCUT2D eigenvalue weighted by Gasteiger charge is -2.24. The van der Waals surface area contributed by atoms with E-state index in [1.807, 2.05) is 25.5 Å². The monoisotopic (exact) mass is 443 g/mol. The maximum absolute atomic E-state index is 6.04. The molecule has 3 aromatic rings. The average Bonchev–Trinajstić information content (AvgIpc) is 3.21. The van der Waals surface area contributed by atoms with Crippen LogP contribution in [-0.2, 0) is 6.54 Å². The number of hydrogen-bond donors (Lipinski definition) is 2. The van der Waals surface area contributed by atoms with Crippen molar-refractivity contribution in [1.82, 2.24) is 29.5 Å². The third-order valence-corrected chi connectivity index (χ3v) is 6.27. The largest absolute Gasteiger partial charge is 0.328 e. The molecule has 2 aliphatic rings. The molecule has 0 radical (unpaired) electrons. The molecule has 1 aliphatic heterocycles.